The summed E-state index contributed by atoms with van der Waals surface area (Å²) in [4.78, 5) is 30.7. The standard InChI is InChI=1S/C24H24N6O2S2/c1-32-18-6-4-5-17(14-18)29-9-11-30(12-10-29)21(31)13-16-15-34-24(25-16)28-22-19-7-2-3-8-20(19)26-23(33)27-22/h2-8,14-15,19H,9-13H2,1H3,(H,25,27,28,33). The number of methoxy groups -OCH3 is 1. The normalized spacial score (nSPS) is 20.7. The minimum absolute atomic E-state index is 0.0634. The number of carbonyl (C=O) groups is 1. The van der Waals surface area contributed by atoms with Crippen molar-refractivity contribution in [3.8, 4) is 5.75 Å². The number of thiazole rings is 1. The van der Waals surface area contributed by atoms with Crippen LogP contribution < -0.4 is 15.0 Å². The van der Waals surface area contributed by atoms with E-state index in [2.05, 4.69) is 31.3 Å². The van der Waals surface area contributed by atoms with Crippen molar-refractivity contribution in [2.75, 3.05) is 38.2 Å². The van der Waals surface area contributed by atoms with Gasteiger partial charge >= 0.3 is 0 Å². The number of thiocarbonyl (C=S) groups is 1. The summed E-state index contributed by atoms with van der Waals surface area (Å²) in [6.07, 6.45) is 8.13. The average Bonchev–Trinajstić information content (AvgIpc) is 3.30. The van der Waals surface area contributed by atoms with Gasteiger partial charge in [-0.05, 0) is 30.4 Å². The highest BCUT2D eigenvalue weighted by molar-refractivity contribution is 7.80. The lowest BCUT2D eigenvalue weighted by Gasteiger charge is -2.36. The number of hydrogen-bond acceptors (Lipinski definition) is 7. The summed E-state index contributed by atoms with van der Waals surface area (Å²) in [5, 5.41) is 5.97. The summed E-state index contributed by atoms with van der Waals surface area (Å²) in [6, 6.07) is 8.02. The van der Waals surface area contributed by atoms with Crippen molar-refractivity contribution in [2.24, 2.45) is 15.9 Å². The van der Waals surface area contributed by atoms with E-state index in [1.54, 1.807) is 7.11 Å². The Hall–Kier alpha value is -3.37. The second-order valence-corrected chi connectivity index (χ2v) is 9.28. The highest BCUT2D eigenvalue weighted by atomic mass is 32.1. The van der Waals surface area contributed by atoms with Gasteiger partial charge in [0.05, 0.1) is 30.9 Å². The molecule has 1 amide bonds. The van der Waals surface area contributed by atoms with E-state index in [4.69, 9.17) is 17.0 Å². The lowest BCUT2D eigenvalue weighted by molar-refractivity contribution is -0.130. The average molecular weight is 493 g/mol. The number of ether oxygens (including phenoxy) is 1. The highest BCUT2D eigenvalue weighted by Crippen LogP contribution is 2.25. The molecule has 1 aliphatic carbocycles. The van der Waals surface area contributed by atoms with Crippen LogP contribution in [0.15, 0.2) is 63.9 Å². The van der Waals surface area contributed by atoms with Gasteiger partial charge in [-0.25, -0.2) is 15.0 Å². The van der Waals surface area contributed by atoms with Crippen molar-refractivity contribution in [2.45, 2.75) is 6.42 Å². The third-order valence-electron chi connectivity index (χ3n) is 5.90. The van der Waals surface area contributed by atoms with E-state index in [9.17, 15) is 4.79 Å². The van der Waals surface area contributed by atoms with Crippen LogP contribution >= 0.6 is 23.6 Å². The number of amides is 1. The van der Waals surface area contributed by atoms with Gasteiger partial charge in [0.1, 0.15) is 11.6 Å². The molecular formula is C24H24N6O2S2. The van der Waals surface area contributed by atoms with E-state index in [0.717, 1.165) is 35.9 Å². The molecule has 2 aliphatic heterocycles. The van der Waals surface area contributed by atoms with Crippen LogP contribution in [0.5, 0.6) is 5.75 Å². The zero-order valence-electron chi connectivity index (χ0n) is 18.7. The molecule has 2 aromatic rings. The van der Waals surface area contributed by atoms with Crippen LogP contribution in [-0.2, 0) is 11.2 Å². The van der Waals surface area contributed by atoms with Gasteiger partial charge in [-0.3, -0.25) is 4.79 Å². The van der Waals surface area contributed by atoms with Crippen molar-refractivity contribution < 1.29 is 9.53 Å². The fourth-order valence-corrected chi connectivity index (χ4v) is 5.03. The number of fused-ring (bicyclic) bond motifs is 1. The Morgan fingerprint density at radius 3 is 2.97 bits per heavy atom. The molecule has 1 aromatic heterocycles. The maximum Gasteiger partial charge on any atom is 0.228 e. The maximum absolute atomic E-state index is 12.9. The van der Waals surface area contributed by atoms with E-state index >= 15 is 0 Å². The summed E-state index contributed by atoms with van der Waals surface area (Å²) in [7, 11) is 1.67. The molecule has 1 fully saturated rings. The Morgan fingerprint density at radius 2 is 2.15 bits per heavy atom. The molecule has 1 unspecified atom stereocenters. The summed E-state index contributed by atoms with van der Waals surface area (Å²) in [5.74, 6) is 1.56. The van der Waals surface area contributed by atoms with Gasteiger partial charge in [-0.1, -0.05) is 24.3 Å². The molecule has 5 rings (SSSR count). The van der Waals surface area contributed by atoms with E-state index in [-0.39, 0.29) is 18.2 Å². The molecule has 34 heavy (non-hydrogen) atoms. The summed E-state index contributed by atoms with van der Waals surface area (Å²) in [5.41, 5.74) is 2.71. The van der Waals surface area contributed by atoms with E-state index in [0.29, 0.717) is 29.2 Å². The van der Waals surface area contributed by atoms with Crippen molar-refractivity contribution in [1.29, 1.82) is 0 Å². The van der Waals surface area contributed by atoms with Crippen molar-refractivity contribution in [3.63, 3.8) is 0 Å². The van der Waals surface area contributed by atoms with E-state index in [1.807, 2.05) is 52.8 Å². The van der Waals surface area contributed by atoms with E-state index < -0.39 is 0 Å². The molecule has 1 N–H and O–H groups in total. The molecule has 0 spiro atoms. The predicted octanol–water partition coefficient (Wildman–Crippen LogP) is 3.14. The number of rotatable bonds is 5. The molecule has 3 heterocycles. The monoisotopic (exact) mass is 492 g/mol. The minimum atomic E-state index is -0.0634. The van der Waals surface area contributed by atoms with Crippen LogP contribution in [0.3, 0.4) is 0 Å². The van der Waals surface area contributed by atoms with Crippen LogP contribution in [0, 0.1) is 5.92 Å². The molecule has 3 aliphatic rings. The maximum atomic E-state index is 12.9. The van der Waals surface area contributed by atoms with Crippen molar-refractivity contribution >= 4 is 56.9 Å². The van der Waals surface area contributed by atoms with Crippen LogP contribution in [0.2, 0.25) is 0 Å². The Labute approximate surface area is 207 Å². The molecule has 1 saturated heterocycles. The molecule has 10 heteroatoms. The summed E-state index contributed by atoms with van der Waals surface area (Å²) in [6.45, 7) is 2.93. The van der Waals surface area contributed by atoms with Crippen molar-refractivity contribution in [3.05, 3.63) is 59.6 Å². The Kier molecular flexibility index (Phi) is 6.50. The third kappa shape index (κ3) is 4.92. The predicted molar refractivity (Wildman–Crippen MR) is 140 cm³/mol. The van der Waals surface area contributed by atoms with Crippen LogP contribution in [0.25, 0.3) is 0 Å². The zero-order chi connectivity index (χ0) is 23.5. The molecule has 0 radical (unpaired) electrons. The first-order chi connectivity index (χ1) is 16.6. The highest BCUT2D eigenvalue weighted by Gasteiger charge is 2.26. The minimum Gasteiger partial charge on any atom is -0.497 e. The molecule has 174 valence electrons. The fourth-order valence-electron chi connectivity index (χ4n) is 4.12. The summed E-state index contributed by atoms with van der Waals surface area (Å²) < 4.78 is 5.32. The van der Waals surface area contributed by atoms with Gasteiger partial charge in [0.2, 0.25) is 11.0 Å². The van der Waals surface area contributed by atoms with Crippen LogP contribution in [0.1, 0.15) is 5.69 Å². The molecule has 0 bridgehead atoms. The number of amidine groups is 1. The quantitative estimate of drug-likeness (QED) is 0.646. The molecule has 1 aromatic carbocycles. The number of nitrogens with zero attached hydrogens (tertiary/aromatic N) is 5. The van der Waals surface area contributed by atoms with Gasteiger partial charge in [0.15, 0.2) is 5.11 Å². The van der Waals surface area contributed by atoms with Gasteiger partial charge < -0.3 is 19.9 Å². The largest absolute Gasteiger partial charge is 0.497 e. The van der Waals surface area contributed by atoms with Gasteiger partial charge in [0.25, 0.3) is 0 Å². The number of allylic oxidation sites excluding steroid dienone is 3. The van der Waals surface area contributed by atoms with Gasteiger partial charge in [0, 0.05) is 43.3 Å². The first-order valence-corrected chi connectivity index (χ1v) is 12.3. The number of hydrogen-bond donors (Lipinski definition) is 1. The topological polar surface area (TPSA) is 82.4 Å². The Bertz CT molecular complexity index is 1220. The molecule has 1 atom stereocenters. The van der Waals surface area contributed by atoms with E-state index in [1.165, 1.54) is 11.3 Å². The number of benzene rings is 1. The zero-order valence-corrected chi connectivity index (χ0v) is 20.3. The van der Waals surface area contributed by atoms with Crippen LogP contribution in [-0.4, -0.2) is 65.7 Å². The number of nitrogens with one attached hydrogen (secondary N) is 1. The number of anilines is 1. The fraction of sp³-hybridized carbons (Fsp3) is 0.292. The second-order valence-electron chi connectivity index (χ2n) is 8.05. The SMILES string of the molecule is COc1cccc(N2CCN(C(=O)Cc3csc(/N=C4\NC(=S)N=C5C=CC=CC54)n3)CC2)c1. The number of piperazine rings is 1. The first kappa shape index (κ1) is 22.4. The van der Waals surface area contributed by atoms with Gasteiger partial charge in [-0.15, -0.1) is 11.3 Å². The van der Waals surface area contributed by atoms with Crippen molar-refractivity contribution in [1.82, 2.24) is 15.2 Å². The summed E-state index contributed by atoms with van der Waals surface area (Å²) >= 11 is 6.66. The second kappa shape index (κ2) is 9.86. The smallest absolute Gasteiger partial charge is 0.228 e. The Balaban J connectivity index is 1.19. The molecule has 0 saturated carbocycles. The molecular weight excluding hydrogens is 468 g/mol. The number of aromatic nitrogens is 1. The number of carbonyl (C=O) groups excluding carboxylic acids is 1. The Morgan fingerprint density at radius 1 is 1.29 bits per heavy atom. The molecule has 8 nitrogen and oxygen atoms in total. The number of aliphatic imine (C=N–C) groups is 2. The first-order valence-electron chi connectivity index (χ1n) is 11.0. The van der Waals surface area contributed by atoms with Gasteiger partial charge in [-0.2, -0.15) is 0 Å². The third-order valence-corrected chi connectivity index (χ3v) is 6.88. The van der Waals surface area contributed by atoms with Crippen LogP contribution in [0.4, 0.5) is 10.8 Å². The lowest BCUT2D eigenvalue weighted by atomic mass is 9.96. The lowest BCUT2D eigenvalue weighted by Crippen LogP contribution is -2.49.